The van der Waals surface area contributed by atoms with E-state index >= 15 is 0 Å². The van der Waals surface area contributed by atoms with Gasteiger partial charge in [0.05, 0.1) is 7.11 Å². The highest BCUT2D eigenvalue weighted by Gasteiger charge is 2.19. The first-order chi connectivity index (χ1) is 5.95. The molecule has 0 saturated heterocycles. The molecule has 0 N–H and O–H groups in total. The summed E-state index contributed by atoms with van der Waals surface area (Å²) in [5.41, 5.74) is 0.0456. The van der Waals surface area contributed by atoms with Crippen molar-refractivity contribution in [1.29, 1.82) is 0 Å². The normalized spacial score (nSPS) is 11.4. The van der Waals surface area contributed by atoms with Gasteiger partial charge >= 0.3 is 5.97 Å². The molecule has 4 heteroatoms. The maximum atomic E-state index is 11.1. The van der Waals surface area contributed by atoms with Crippen molar-refractivity contribution in [3.05, 3.63) is 16.1 Å². The van der Waals surface area contributed by atoms with Crippen LogP contribution in [0.3, 0.4) is 0 Å². The molecule has 0 saturated carbocycles. The van der Waals surface area contributed by atoms with Crippen LogP contribution in [0.1, 0.15) is 35.5 Å². The molecule has 0 aliphatic heterocycles. The van der Waals surface area contributed by atoms with Crippen LogP contribution in [0.4, 0.5) is 0 Å². The predicted molar refractivity (Wildman–Crippen MR) is 52.2 cm³/mol. The lowest BCUT2D eigenvalue weighted by atomic mass is 9.96. The first-order valence-electron chi connectivity index (χ1n) is 4.00. The third-order valence-electron chi connectivity index (χ3n) is 1.60. The SMILES string of the molecule is COC(=O)c1ncc(C(C)(C)C)s1. The summed E-state index contributed by atoms with van der Waals surface area (Å²) in [7, 11) is 1.36. The molecule has 0 bridgehead atoms. The Bertz CT molecular complexity index is 312. The summed E-state index contributed by atoms with van der Waals surface area (Å²) in [6, 6.07) is 0. The van der Waals surface area contributed by atoms with Crippen LogP contribution in [-0.2, 0) is 10.2 Å². The zero-order chi connectivity index (χ0) is 10.1. The molecule has 0 aliphatic carbocycles. The number of aromatic nitrogens is 1. The summed E-state index contributed by atoms with van der Waals surface area (Å²) >= 11 is 1.39. The maximum Gasteiger partial charge on any atom is 0.367 e. The Hall–Kier alpha value is -0.900. The zero-order valence-corrected chi connectivity index (χ0v) is 9.07. The van der Waals surface area contributed by atoms with E-state index in [0.29, 0.717) is 5.01 Å². The lowest BCUT2D eigenvalue weighted by Crippen LogP contribution is -2.08. The lowest BCUT2D eigenvalue weighted by molar-refractivity contribution is 0.0600. The summed E-state index contributed by atoms with van der Waals surface area (Å²) < 4.78 is 4.57. The van der Waals surface area contributed by atoms with E-state index in [1.165, 1.54) is 18.4 Å². The molecule has 0 radical (unpaired) electrons. The summed E-state index contributed by atoms with van der Waals surface area (Å²) in [6.07, 6.45) is 1.73. The Morgan fingerprint density at radius 1 is 1.54 bits per heavy atom. The molecule has 1 aromatic rings. The van der Waals surface area contributed by atoms with Crippen LogP contribution < -0.4 is 0 Å². The van der Waals surface area contributed by atoms with E-state index < -0.39 is 0 Å². The molecule has 1 rings (SSSR count). The van der Waals surface area contributed by atoms with Crippen molar-refractivity contribution in [3.8, 4) is 0 Å². The van der Waals surface area contributed by atoms with Gasteiger partial charge in [-0.15, -0.1) is 11.3 Å². The fourth-order valence-corrected chi connectivity index (χ4v) is 1.69. The number of thiazole rings is 1. The fraction of sp³-hybridized carbons (Fsp3) is 0.556. The van der Waals surface area contributed by atoms with Crippen LogP contribution in [0.2, 0.25) is 0 Å². The van der Waals surface area contributed by atoms with E-state index in [9.17, 15) is 4.79 Å². The molecule has 0 aromatic carbocycles. The molecular formula is C9H13NO2S. The highest BCUT2D eigenvalue weighted by molar-refractivity contribution is 7.13. The molecule has 0 fully saturated rings. The summed E-state index contributed by atoms with van der Waals surface area (Å²) in [5.74, 6) is -0.361. The van der Waals surface area contributed by atoms with Crippen molar-refractivity contribution in [1.82, 2.24) is 4.98 Å². The number of methoxy groups -OCH3 is 1. The van der Waals surface area contributed by atoms with Crippen molar-refractivity contribution in [2.24, 2.45) is 0 Å². The largest absolute Gasteiger partial charge is 0.464 e. The smallest absolute Gasteiger partial charge is 0.367 e. The van der Waals surface area contributed by atoms with Gasteiger partial charge in [0.2, 0.25) is 5.01 Å². The number of carbonyl (C=O) groups excluding carboxylic acids is 1. The lowest BCUT2D eigenvalue weighted by Gasteiger charge is -2.14. The van der Waals surface area contributed by atoms with Gasteiger partial charge < -0.3 is 4.74 Å². The van der Waals surface area contributed by atoms with Gasteiger partial charge in [0.25, 0.3) is 0 Å². The van der Waals surface area contributed by atoms with Gasteiger partial charge in [-0.2, -0.15) is 0 Å². The van der Waals surface area contributed by atoms with E-state index in [-0.39, 0.29) is 11.4 Å². The molecule has 0 atom stereocenters. The van der Waals surface area contributed by atoms with Gasteiger partial charge in [-0.05, 0) is 5.41 Å². The van der Waals surface area contributed by atoms with Gasteiger partial charge in [-0.25, -0.2) is 9.78 Å². The molecular weight excluding hydrogens is 186 g/mol. The molecule has 13 heavy (non-hydrogen) atoms. The van der Waals surface area contributed by atoms with E-state index in [4.69, 9.17) is 0 Å². The third-order valence-corrected chi connectivity index (χ3v) is 3.01. The number of nitrogens with zero attached hydrogens (tertiary/aromatic N) is 1. The number of ether oxygens (including phenoxy) is 1. The van der Waals surface area contributed by atoms with E-state index in [0.717, 1.165) is 4.88 Å². The van der Waals surface area contributed by atoms with Gasteiger partial charge in [0.1, 0.15) is 0 Å². The van der Waals surface area contributed by atoms with Crippen molar-refractivity contribution in [2.75, 3.05) is 7.11 Å². The second kappa shape index (κ2) is 3.46. The second-order valence-electron chi connectivity index (χ2n) is 3.77. The number of carbonyl (C=O) groups is 1. The Balaban J connectivity index is 2.93. The third kappa shape index (κ3) is 2.28. The van der Waals surface area contributed by atoms with E-state index in [2.05, 4.69) is 30.5 Å². The minimum atomic E-state index is -0.361. The minimum Gasteiger partial charge on any atom is -0.464 e. The summed E-state index contributed by atoms with van der Waals surface area (Å²) in [6.45, 7) is 6.25. The van der Waals surface area contributed by atoms with Crippen molar-refractivity contribution < 1.29 is 9.53 Å². The Morgan fingerprint density at radius 2 is 2.15 bits per heavy atom. The van der Waals surface area contributed by atoms with Gasteiger partial charge in [0, 0.05) is 11.1 Å². The topological polar surface area (TPSA) is 39.2 Å². The fourth-order valence-electron chi connectivity index (χ4n) is 0.803. The Labute approximate surface area is 81.8 Å². The first kappa shape index (κ1) is 10.2. The van der Waals surface area contributed by atoms with Crippen LogP contribution in [0.15, 0.2) is 6.20 Å². The van der Waals surface area contributed by atoms with Gasteiger partial charge in [-0.1, -0.05) is 20.8 Å². The molecule has 1 aromatic heterocycles. The maximum absolute atomic E-state index is 11.1. The highest BCUT2D eigenvalue weighted by atomic mass is 32.1. The average Bonchev–Trinajstić information content (AvgIpc) is 2.50. The number of hydrogen-bond acceptors (Lipinski definition) is 4. The number of rotatable bonds is 1. The molecule has 0 aliphatic rings. The molecule has 0 unspecified atom stereocenters. The Kier molecular flexibility index (Phi) is 2.71. The van der Waals surface area contributed by atoms with E-state index in [1.807, 2.05) is 0 Å². The van der Waals surface area contributed by atoms with Crippen LogP contribution in [0.25, 0.3) is 0 Å². The summed E-state index contributed by atoms with van der Waals surface area (Å²) in [4.78, 5) is 16.2. The molecule has 3 nitrogen and oxygen atoms in total. The van der Waals surface area contributed by atoms with Crippen LogP contribution >= 0.6 is 11.3 Å². The quantitative estimate of drug-likeness (QED) is 0.651. The van der Waals surface area contributed by atoms with Crippen molar-refractivity contribution in [2.45, 2.75) is 26.2 Å². The van der Waals surface area contributed by atoms with Crippen LogP contribution in [-0.4, -0.2) is 18.1 Å². The summed E-state index contributed by atoms with van der Waals surface area (Å²) in [5, 5.41) is 0.424. The van der Waals surface area contributed by atoms with Crippen LogP contribution in [0, 0.1) is 0 Å². The first-order valence-corrected chi connectivity index (χ1v) is 4.81. The average molecular weight is 199 g/mol. The zero-order valence-electron chi connectivity index (χ0n) is 8.25. The second-order valence-corrected chi connectivity index (χ2v) is 4.80. The van der Waals surface area contributed by atoms with Gasteiger partial charge in [-0.3, -0.25) is 0 Å². The van der Waals surface area contributed by atoms with E-state index in [1.54, 1.807) is 6.20 Å². The minimum absolute atomic E-state index is 0.0456. The van der Waals surface area contributed by atoms with Crippen molar-refractivity contribution >= 4 is 17.3 Å². The highest BCUT2D eigenvalue weighted by Crippen LogP contribution is 2.27. The van der Waals surface area contributed by atoms with Crippen LogP contribution in [0.5, 0.6) is 0 Å². The molecule has 0 amide bonds. The molecule has 72 valence electrons. The monoisotopic (exact) mass is 199 g/mol. The Morgan fingerprint density at radius 3 is 2.54 bits per heavy atom. The number of esters is 1. The predicted octanol–water partition coefficient (Wildman–Crippen LogP) is 2.23. The molecule has 1 heterocycles. The van der Waals surface area contributed by atoms with Crippen molar-refractivity contribution in [3.63, 3.8) is 0 Å². The number of hydrogen-bond donors (Lipinski definition) is 0. The standard InChI is InChI=1S/C9H13NO2S/c1-9(2,3)6-5-10-7(13-6)8(11)12-4/h5H,1-4H3. The van der Waals surface area contributed by atoms with Gasteiger partial charge in [0.15, 0.2) is 0 Å². The molecule has 0 spiro atoms.